The number of hydrogen-bond donors (Lipinski definition) is 1. The summed E-state index contributed by atoms with van der Waals surface area (Å²) in [5.74, 6) is -0.164. The molecule has 1 aliphatic heterocycles. The third-order valence-electron chi connectivity index (χ3n) is 5.53. The zero-order valence-electron chi connectivity index (χ0n) is 15.2. The molecule has 142 valence electrons. The Morgan fingerprint density at radius 2 is 1.60 bits per heavy atom. The number of ether oxygens (including phenoxy) is 2. The number of hydrogen-bond acceptors (Lipinski definition) is 6. The average Bonchev–Trinajstić information content (AvgIpc) is 3.36. The van der Waals surface area contributed by atoms with Crippen LogP contribution in [-0.2, 0) is 19.1 Å². The largest absolute Gasteiger partial charge is 0.465 e. The van der Waals surface area contributed by atoms with Gasteiger partial charge in [0.25, 0.3) is 0 Å². The molecule has 5 atom stereocenters. The average molecular weight is 387 g/mol. The standard InChI is InChI=1S/C19H30O4S2/c1-19(2,10-22-17(20)12-4-3-5-14(24)8-12)11-23-18(21)13-6-7-15-16(9-13)25-15/h12-16,24H,3-11H2,1-2H3. The highest BCUT2D eigenvalue weighted by molar-refractivity contribution is 8.07. The van der Waals surface area contributed by atoms with Crippen LogP contribution in [0.25, 0.3) is 0 Å². The van der Waals surface area contributed by atoms with Gasteiger partial charge in [-0.05, 0) is 38.5 Å². The predicted octanol–water partition coefficient (Wildman–Crippen LogP) is 3.87. The molecule has 3 fully saturated rings. The van der Waals surface area contributed by atoms with Crippen molar-refractivity contribution < 1.29 is 19.1 Å². The van der Waals surface area contributed by atoms with E-state index in [1.807, 2.05) is 25.6 Å². The lowest BCUT2D eigenvalue weighted by atomic mass is 9.88. The molecule has 25 heavy (non-hydrogen) atoms. The summed E-state index contributed by atoms with van der Waals surface area (Å²) in [4.78, 5) is 24.5. The lowest BCUT2D eigenvalue weighted by molar-refractivity contribution is -0.158. The topological polar surface area (TPSA) is 52.6 Å². The highest BCUT2D eigenvalue weighted by Crippen LogP contribution is 2.52. The van der Waals surface area contributed by atoms with Crippen LogP contribution in [0.3, 0.4) is 0 Å². The van der Waals surface area contributed by atoms with Crippen molar-refractivity contribution in [1.82, 2.24) is 0 Å². The molecule has 2 saturated carbocycles. The van der Waals surface area contributed by atoms with E-state index in [1.165, 1.54) is 0 Å². The lowest BCUT2D eigenvalue weighted by Crippen LogP contribution is -2.33. The number of thiol groups is 1. The summed E-state index contributed by atoms with van der Waals surface area (Å²) in [7, 11) is 0. The van der Waals surface area contributed by atoms with Crippen molar-refractivity contribution >= 4 is 36.3 Å². The van der Waals surface area contributed by atoms with E-state index >= 15 is 0 Å². The second kappa shape index (κ2) is 8.12. The molecule has 0 bridgehead atoms. The molecule has 0 amide bonds. The van der Waals surface area contributed by atoms with Crippen molar-refractivity contribution in [3.05, 3.63) is 0 Å². The minimum atomic E-state index is -0.355. The molecule has 3 rings (SSSR count). The molecule has 3 aliphatic rings. The van der Waals surface area contributed by atoms with Crippen LogP contribution >= 0.6 is 24.4 Å². The van der Waals surface area contributed by atoms with E-state index < -0.39 is 0 Å². The normalized spacial score (nSPS) is 34.8. The number of thioether (sulfide) groups is 1. The molecule has 1 heterocycles. The van der Waals surface area contributed by atoms with Gasteiger partial charge in [-0.15, -0.1) is 0 Å². The van der Waals surface area contributed by atoms with E-state index in [-0.39, 0.29) is 35.8 Å². The Balaban J connectivity index is 1.37. The monoisotopic (exact) mass is 386 g/mol. The predicted molar refractivity (Wildman–Crippen MR) is 103 cm³/mol. The molecule has 0 aromatic heterocycles. The maximum atomic E-state index is 12.3. The molecule has 1 saturated heterocycles. The first kappa shape index (κ1) is 19.4. The van der Waals surface area contributed by atoms with E-state index in [9.17, 15) is 9.59 Å². The molecule has 6 heteroatoms. The minimum absolute atomic E-state index is 0.0270. The lowest BCUT2D eigenvalue weighted by Gasteiger charge is -2.28. The fourth-order valence-corrected chi connectivity index (χ4v) is 5.46. The van der Waals surface area contributed by atoms with Gasteiger partial charge in [0.15, 0.2) is 0 Å². The Hall–Kier alpha value is -0.360. The number of esters is 2. The van der Waals surface area contributed by atoms with Crippen LogP contribution in [0, 0.1) is 17.3 Å². The zero-order chi connectivity index (χ0) is 18.0. The highest BCUT2D eigenvalue weighted by atomic mass is 32.2. The van der Waals surface area contributed by atoms with Crippen LogP contribution in [-0.4, -0.2) is 40.9 Å². The van der Waals surface area contributed by atoms with E-state index in [0.717, 1.165) is 50.2 Å². The second-order valence-corrected chi connectivity index (χ2v) is 10.8. The van der Waals surface area contributed by atoms with Gasteiger partial charge in [-0.3, -0.25) is 9.59 Å². The van der Waals surface area contributed by atoms with Gasteiger partial charge in [-0.2, -0.15) is 24.4 Å². The summed E-state index contributed by atoms with van der Waals surface area (Å²) in [6.45, 7) is 4.54. The molecule has 5 unspecified atom stereocenters. The van der Waals surface area contributed by atoms with Gasteiger partial charge in [0.2, 0.25) is 0 Å². The Morgan fingerprint density at radius 1 is 0.960 bits per heavy atom. The summed E-state index contributed by atoms with van der Waals surface area (Å²) in [6, 6.07) is 0. The van der Waals surface area contributed by atoms with Crippen molar-refractivity contribution in [2.24, 2.45) is 17.3 Å². The molecule has 2 aliphatic carbocycles. The number of rotatable bonds is 6. The molecule has 0 spiro atoms. The summed E-state index contributed by atoms with van der Waals surface area (Å²) in [6.07, 6.45) is 6.88. The first-order valence-corrected chi connectivity index (χ1v) is 11.0. The summed E-state index contributed by atoms with van der Waals surface area (Å²) in [5, 5.41) is 1.79. The zero-order valence-corrected chi connectivity index (χ0v) is 17.0. The van der Waals surface area contributed by atoms with Gasteiger partial charge in [-0.1, -0.05) is 20.3 Å². The fourth-order valence-electron chi connectivity index (χ4n) is 3.81. The maximum Gasteiger partial charge on any atom is 0.308 e. The molecular formula is C19H30O4S2. The van der Waals surface area contributed by atoms with E-state index in [4.69, 9.17) is 9.47 Å². The third kappa shape index (κ3) is 5.56. The Kier molecular flexibility index (Phi) is 6.30. The van der Waals surface area contributed by atoms with Gasteiger partial charge >= 0.3 is 11.9 Å². The van der Waals surface area contributed by atoms with Crippen LogP contribution in [0.1, 0.15) is 58.8 Å². The SMILES string of the molecule is CC(C)(COC(=O)C1CCCC(S)C1)COC(=O)C1CCC2SC2C1. The van der Waals surface area contributed by atoms with E-state index in [1.54, 1.807) is 0 Å². The van der Waals surface area contributed by atoms with Crippen LogP contribution < -0.4 is 0 Å². The first-order chi connectivity index (χ1) is 11.8. The minimum Gasteiger partial charge on any atom is -0.465 e. The van der Waals surface area contributed by atoms with Crippen LogP contribution in [0.4, 0.5) is 0 Å². The van der Waals surface area contributed by atoms with Crippen molar-refractivity contribution in [1.29, 1.82) is 0 Å². The highest BCUT2D eigenvalue weighted by Gasteiger charge is 2.45. The van der Waals surface area contributed by atoms with Crippen molar-refractivity contribution in [3.8, 4) is 0 Å². The summed E-state index contributed by atoms with van der Waals surface area (Å²) in [5.41, 5.74) is -0.355. The van der Waals surface area contributed by atoms with Crippen molar-refractivity contribution in [2.45, 2.75) is 74.5 Å². The van der Waals surface area contributed by atoms with Gasteiger partial charge in [-0.25, -0.2) is 0 Å². The molecular weight excluding hydrogens is 356 g/mol. The quantitative estimate of drug-likeness (QED) is 0.427. The Morgan fingerprint density at radius 3 is 2.20 bits per heavy atom. The van der Waals surface area contributed by atoms with Gasteiger partial charge in [0.1, 0.15) is 0 Å². The van der Waals surface area contributed by atoms with E-state index in [0.29, 0.717) is 17.1 Å². The smallest absolute Gasteiger partial charge is 0.308 e. The summed E-state index contributed by atoms with van der Waals surface area (Å²) < 4.78 is 11.1. The number of carbonyl (C=O) groups is 2. The van der Waals surface area contributed by atoms with Crippen LogP contribution in [0.5, 0.6) is 0 Å². The molecule has 0 radical (unpaired) electrons. The van der Waals surface area contributed by atoms with Crippen LogP contribution in [0.15, 0.2) is 0 Å². The van der Waals surface area contributed by atoms with Crippen LogP contribution in [0.2, 0.25) is 0 Å². The van der Waals surface area contributed by atoms with Crippen molar-refractivity contribution in [3.63, 3.8) is 0 Å². The molecule has 0 aromatic carbocycles. The molecule has 0 N–H and O–H groups in total. The Bertz CT molecular complexity index is 484. The second-order valence-electron chi connectivity index (χ2n) is 8.62. The van der Waals surface area contributed by atoms with Crippen molar-refractivity contribution in [2.75, 3.05) is 13.2 Å². The molecule has 4 nitrogen and oxygen atoms in total. The third-order valence-corrected chi connectivity index (χ3v) is 7.47. The first-order valence-electron chi connectivity index (χ1n) is 9.51. The number of fused-ring (bicyclic) bond motifs is 1. The van der Waals surface area contributed by atoms with Gasteiger partial charge in [0.05, 0.1) is 25.0 Å². The van der Waals surface area contributed by atoms with Gasteiger partial charge in [0, 0.05) is 21.2 Å². The Labute approximate surface area is 160 Å². The van der Waals surface area contributed by atoms with Gasteiger partial charge < -0.3 is 9.47 Å². The molecule has 0 aromatic rings. The van der Waals surface area contributed by atoms with E-state index in [2.05, 4.69) is 12.6 Å². The number of carbonyl (C=O) groups excluding carboxylic acids is 2. The maximum absolute atomic E-state index is 12.3. The fraction of sp³-hybridized carbons (Fsp3) is 0.895. The summed E-state index contributed by atoms with van der Waals surface area (Å²) >= 11 is 6.49.